The van der Waals surface area contributed by atoms with Gasteiger partial charge < -0.3 is 10.5 Å². The molecule has 0 atom stereocenters. The molecule has 1 heterocycles. The average Bonchev–Trinajstić information content (AvgIpc) is 2.33. The van der Waals surface area contributed by atoms with Crippen LogP contribution in [0.5, 0.6) is 5.75 Å². The molecule has 0 spiro atoms. The summed E-state index contributed by atoms with van der Waals surface area (Å²) < 4.78 is 5.62. The van der Waals surface area contributed by atoms with Crippen LogP contribution in [0.2, 0.25) is 0 Å². The van der Waals surface area contributed by atoms with E-state index in [0.29, 0.717) is 12.4 Å². The number of anilines is 1. The van der Waals surface area contributed by atoms with Crippen LogP contribution in [0.3, 0.4) is 0 Å². The Morgan fingerprint density at radius 2 is 1.94 bits per heavy atom. The summed E-state index contributed by atoms with van der Waals surface area (Å²) in [6, 6.07) is 6.01. The standard InChI is InChI=1S/C13H15N3O/c1-9-3-4-12(5-10(9)2)17-8-11-6-16-13(14)7-15-11/h3-7H,8H2,1-2H3,(H2,14,16). The highest BCUT2D eigenvalue weighted by Gasteiger charge is 1.99. The van der Waals surface area contributed by atoms with Crippen LogP contribution < -0.4 is 10.5 Å². The van der Waals surface area contributed by atoms with Crippen LogP contribution in [0.25, 0.3) is 0 Å². The van der Waals surface area contributed by atoms with E-state index in [-0.39, 0.29) is 0 Å². The van der Waals surface area contributed by atoms with Gasteiger partial charge in [-0.2, -0.15) is 0 Å². The third-order valence-corrected chi connectivity index (χ3v) is 2.59. The van der Waals surface area contributed by atoms with Crippen molar-refractivity contribution in [3.05, 3.63) is 47.4 Å². The Labute approximate surface area is 100 Å². The third-order valence-electron chi connectivity index (χ3n) is 2.59. The Hall–Kier alpha value is -2.10. The Morgan fingerprint density at radius 3 is 2.59 bits per heavy atom. The second-order valence-corrected chi connectivity index (χ2v) is 3.97. The van der Waals surface area contributed by atoms with Gasteiger partial charge in [-0.1, -0.05) is 6.07 Å². The molecule has 0 aliphatic carbocycles. The summed E-state index contributed by atoms with van der Waals surface area (Å²) in [5.41, 5.74) is 8.69. The van der Waals surface area contributed by atoms with Crippen LogP contribution in [0.1, 0.15) is 16.8 Å². The van der Waals surface area contributed by atoms with E-state index in [9.17, 15) is 0 Å². The highest BCUT2D eigenvalue weighted by Crippen LogP contribution is 2.17. The number of hydrogen-bond donors (Lipinski definition) is 1. The fourth-order valence-corrected chi connectivity index (χ4v) is 1.40. The van der Waals surface area contributed by atoms with E-state index in [4.69, 9.17) is 10.5 Å². The number of hydrogen-bond acceptors (Lipinski definition) is 4. The molecule has 2 aromatic rings. The lowest BCUT2D eigenvalue weighted by molar-refractivity contribution is 0.300. The lowest BCUT2D eigenvalue weighted by Gasteiger charge is -2.07. The fraction of sp³-hybridized carbons (Fsp3) is 0.231. The molecule has 1 aromatic heterocycles. The normalized spacial score (nSPS) is 10.2. The van der Waals surface area contributed by atoms with Gasteiger partial charge in [0.1, 0.15) is 18.2 Å². The fourth-order valence-electron chi connectivity index (χ4n) is 1.40. The summed E-state index contributed by atoms with van der Waals surface area (Å²) in [7, 11) is 0. The molecule has 4 nitrogen and oxygen atoms in total. The number of ether oxygens (including phenoxy) is 1. The number of aromatic nitrogens is 2. The van der Waals surface area contributed by atoms with Crippen molar-refractivity contribution in [3.8, 4) is 5.75 Å². The molecule has 0 saturated heterocycles. The van der Waals surface area contributed by atoms with Crippen molar-refractivity contribution in [2.75, 3.05) is 5.73 Å². The van der Waals surface area contributed by atoms with E-state index in [1.807, 2.05) is 18.2 Å². The Balaban J connectivity index is 2.02. The average molecular weight is 229 g/mol. The minimum atomic E-state index is 0.399. The van der Waals surface area contributed by atoms with Gasteiger partial charge in [-0.25, -0.2) is 4.98 Å². The molecule has 0 unspecified atom stereocenters. The Morgan fingerprint density at radius 1 is 1.12 bits per heavy atom. The molecule has 0 bridgehead atoms. The predicted octanol–water partition coefficient (Wildman–Crippen LogP) is 2.25. The summed E-state index contributed by atoms with van der Waals surface area (Å²) >= 11 is 0. The molecule has 0 radical (unpaired) electrons. The molecule has 2 rings (SSSR count). The van der Waals surface area contributed by atoms with E-state index in [1.165, 1.54) is 17.3 Å². The van der Waals surface area contributed by atoms with Gasteiger partial charge in [0.05, 0.1) is 18.1 Å². The monoisotopic (exact) mass is 229 g/mol. The van der Waals surface area contributed by atoms with Crippen molar-refractivity contribution in [3.63, 3.8) is 0 Å². The lowest BCUT2D eigenvalue weighted by Crippen LogP contribution is -2.01. The van der Waals surface area contributed by atoms with Crippen molar-refractivity contribution in [2.24, 2.45) is 0 Å². The lowest BCUT2D eigenvalue weighted by atomic mass is 10.1. The maximum absolute atomic E-state index is 5.62. The number of rotatable bonds is 3. The Kier molecular flexibility index (Phi) is 3.23. The van der Waals surface area contributed by atoms with Crippen LogP contribution >= 0.6 is 0 Å². The molecule has 17 heavy (non-hydrogen) atoms. The zero-order chi connectivity index (χ0) is 12.3. The van der Waals surface area contributed by atoms with Crippen molar-refractivity contribution in [2.45, 2.75) is 20.5 Å². The molecular formula is C13H15N3O. The van der Waals surface area contributed by atoms with Crippen molar-refractivity contribution >= 4 is 5.82 Å². The maximum atomic E-state index is 5.62. The Bertz CT molecular complexity index is 509. The molecule has 0 aliphatic heterocycles. The SMILES string of the molecule is Cc1ccc(OCc2cnc(N)cn2)cc1C. The van der Waals surface area contributed by atoms with Crippen LogP contribution in [0.4, 0.5) is 5.82 Å². The molecule has 4 heteroatoms. The molecule has 88 valence electrons. The quantitative estimate of drug-likeness (QED) is 0.876. The molecule has 0 amide bonds. The zero-order valence-electron chi connectivity index (χ0n) is 9.97. The zero-order valence-corrected chi connectivity index (χ0v) is 9.97. The third kappa shape index (κ3) is 2.93. The van der Waals surface area contributed by atoms with Crippen LogP contribution in [-0.4, -0.2) is 9.97 Å². The van der Waals surface area contributed by atoms with Gasteiger partial charge in [0.15, 0.2) is 0 Å². The van der Waals surface area contributed by atoms with E-state index < -0.39 is 0 Å². The largest absolute Gasteiger partial charge is 0.487 e. The van der Waals surface area contributed by atoms with Gasteiger partial charge in [-0.05, 0) is 37.1 Å². The molecule has 1 aromatic carbocycles. The van der Waals surface area contributed by atoms with E-state index in [0.717, 1.165) is 11.4 Å². The van der Waals surface area contributed by atoms with Gasteiger partial charge in [0, 0.05) is 0 Å². The first-order chi connectivity index (χ1) is 8.15. The van der Waals surface area contributed by atoms with E-state index in [2.05, 4.69) is 23.8 Å². The summed E-state index contributed by atoms with van der Waals surface area (Å²) in [4.78, 5) is 8.08. The second kappa shape index (κ2) is 4.82. The maximum Gasteiger partial charge on any atom is 0.141 e. The van der Waals surface area contributed by atoms with Crippen LogP contribution in [-0.2, 0) is 6.61 Å². The molecule has 2 N–H and O–H groups in total. The first-order valence-corrected chi connectivity index (χ1v) is 5.41. The molecular weight excluding hydrogens is 214 g/mol. The van der Waals surface area contributed by atoms with Crippen LogP contribution in [0, 0.1) is 13.8 Å². The molecule has 0 fully saturated rings. The van der Waals surface area contributed by atoms with Gasteiger partial charge in [0.2, 0.25) is 0 Å². The predicted molar refractivity (Wildman–Crippen MR) is 66.7 cm³/mol. The smallest absolute Gasteiger partial charge is 0.141 e. The summed E-state index contributed by atoms with van der Waals surface area (Å²) in [6.07, 6.45) is 3.15. The van der Waals surface area contributed by atoms with Gasteiger partial charge in [-0.3, -0.25) is 4.98 Å². The number of benzene rings is 1. The number of nitrogen functional groups attached to an aromatic ring is 1. The van der Waals surface area contributed by atoms with Crippen molar-refractivity contribution < 1.29 is 4.74 Å². The molecule has 0 aliphatic rings. The van der Waals surface area contributed by atoms with Gasteiger partial charge in [-0.15, -0.1) is 0 Å². The summed E-state index contributed by atoms with van der Waals surface area (Å²) in [6.45, 7) is 4.53. The van der Waals surface area contributed by atoms with Crippen LogP contribution in [0.15, 0.2) is 30.6 Å². The first-order valence-electron chi connectivity index (χ1n) is 5.41. The van der Waals surface area contributed by atoms with E-state index in [1.54, 1.807) is 6.20 Å². The van der Waals surface area contributed by atoms with E-state index >= 15 is 0 Å². The highest BCUT2D eigenvalue weighted by molar-refractivity contribution is 5.33. The topological polar surface area (TPSA) is 61.0 Å². The van der Waals surface area contributed by atoms with Crippen molar-refractivity contribution in [1.82, 2.24) is 9.97 Å². The van der Waals surface area contributed by atoms with Crippen molar-refractivity contribution in [1.29, 1.82) is 0 Å². The minimum absolute atomic E-state index is 0.399. The minimum Gasteiger partial charge on any atom is -0.487 e. The first kappa shape index (κ1) is 11.4. The number of nitrogens with two attached hydrogens (primary N) is 1. The van der Waals surface area contributed by atoms with Gasteiger partial charge in [0.25, 0.3) is 0 Å². The van der Waals surface area contributed by atoms with Gasteiger partial charge >= 0.3 is 0 Å². The summed E-state index contributed by atoms with van der Waals surface area (Å²) in [5.74, 6) is 1.26. The highest BCUT2D eigenvalue weighted by atomic mass is 16.5. The number of aryl methyl sites for hydroxylation is 2. The second-order valence-electron chi connectivity index (χ2n) is 3.97. The summed E-state index contributed by atoms with van der Waals surface area (Å²) in [5, 5.41) is 0. The molecule has 0 saturated carbocycles. The number of nitrogens with zero attached hydrogens (tertiary/aromatic N) is 2.